The van der Waals surface area contributed by atoms with Gasteiger partial charge in [-0.3, -0.25) is 0 Å². The van der Waals surface area contributed by atoms with Gasteiger partial charge in [0, 0.05) is 6.42 Å². The molecule has 0 aromatic heterocycles. The molecule has 2 nitrogen and oxygen atoms in total. The van der Waals surface area contributed by atoms with Gasteiger partial charge in [-0.2, -0.15) is 18.3 Å². The normalized spacial score (nSPS) is 22.4. The molecule has 78 valence electrons. The Hall–Kier alpha value is -0.143. The van der Waals surface area contributed by atoms with E-state index in [9.17, 15) is 13.2 Å². The predicted octanol–water partition coefficient (Wildman–Crippen LogP) is 1.66. The first-order valence-corrected chi connectivity index (χ1v) is 4.10. The molecule has 1 unspecified atom stereocenters. The van der Waals surface area contributed by atoms with Crippen LogP contribution >= 0.6 is 0 Å². The Morgan fingerprint density at radius 1 is 1.29 bits per heavy atom. The molecule has 1 rings (SSSR count). The Labute approximate surface area is 93.5 Å². The molecular formula is C8H14F3LiN2. The van der Waals surface area contributed by atoms with Crippen LogP contribution in [0.2, 0.25) is 0 Å². The number of hydrogen-bond acceptors (Lipinski definition) is 2. The van der Waals surface area contributed by atoms with Crippen molar-refractivity contribution in [2.75, 3.05) is 0 Å². The van der Waals surface area contributed by atoms with E-state index in [4.69, 9.17) is 0 Å². The molecule has 0 spiro atoms. The van der Waals surface area contributed by atoms with Gasteiger partial charge in [0.1, 0.15) is 5.71 Å². The van der Waals surface area contributed by atoms with E-state index in [1.165, 1.54) is 0 Å². The van der Waals surface area contributed by atoms with Crippen molar-refractivity contribution >= 4 is 24.6 Å². The van der Waals surface area contributed by atoms with Gasteiger partial charge in [-0.05, 0) is 5.41 Å². The zero-order valence-corrected chi connectivity index (χ0v) is 7.87. The van der Waals surface area contributed by atoms with Crippen LogP contribution in [0.1, 0.15) is 27.2 Å². The minimum absolute atomic E-state index is 0. The Morgan fingerprint density at radius 3 is 2.00 bits per heavy atom. The molecule has 1 heterocycles. The average Bonchev–Trinajstić information content (AvgIpc) is 2.28. The van der Waals surface area contributed by atoms with E-state index >= 15 is 0 Å². The molecule has 0 saturated carbocycles. The summed E-state index contributed by atoms with van der Waals surface area (Å²) in [5.41, 5.74) is 1.62. The van der Waals surface area contributed by atoms with Gasteiger partial charge >= 0.3 is 25.0 Å². The van der Waals surface area contributed by atoms with Crippen LogP contribution in [0.3, 0.4) is 0 Å². The van der Waals surface area contributed by atoms with E-state index in [-0.39, 0.29) is 36.7 Å². The standard InChI is InChI=1S/C8H13F3N2.Li.H/c1-7(2,3)5-4-6(13-12-5)8(9,10)11;;/h5,12H,4H2,1-3H3;;. The summed E-state index contributed by atoms with van der Waals surface area (Å²) in [6.45, 7) is 5.67. The summed E-state index contributed by atoms with van der Waals surface area (Å²) < 4.78 is 36.5. The molecule has 0 amide bonds. The molecule has 1 aliphatic heterocycles. The van der Waals surface area contributed by atoms with Gasteiger partial charge in [0.25, 0.3) is 0 Å². The van der Waals surface area contributed by atoms with E-state index in [0.29, 0.717) is 0 Å². The van der Waals surface area contributed by atoms with Crippen LogP contribution in [0.25, 0.3) is 0 Å². The third-order valence-corrected chi connectivity index (χ3v) is 2.13. The summed E-state index contributed by atoms with van der Waals surface area (Å²) in [4.78, 5) is 0. The molecule has 0 bridgehead atoms. The van der Waals surface area contributed by atoms with E-state index in [1.54, 1.807) is 0 Å². The fraction of sp³-hybridized carbons (Fsp3) is 0.875. The quantitative estimate of drug-likeness (QED) is 0.593. The Bertz CT molecular complexity index is 230. The van der Waals surface area contributed by atoms with Gasteiger partial charge in [-0.25, -0.2) is 0 Å². The van der Waals surface area contributed by atoms with Crippen LogP contribution in [-0.2, 0) is 0 Å². The second-order valence-corrected chi connectivity index (χ2v) is 4.31. The Morgan fingerprint density at radius 2 is 1.79 bits per heavy atom. The summed E-state index contributed by atoms with van der Waals surface area (Å²) in [7, 11) is 0. The van der Waals surface area contributed by atoms with E-state index < -0.39 is 11.9 Å². The van der Waals surface area contributed by atoms with Crippen molar-refractivity contribution in [3.8, 4) is 0 Å². The van der Waals surface area contributed by atoms with Crippen molar-refractivity contribution in [2.45, 2.75) is 39.4 Å². The number of nitrogens with one attached hydrogen (secondary N) is 1. The fourth-order valence-corrected chi connectivity index (χ4v) is 1.12. The SMILES string of the molecule is CC(C)(C)C1CC(C(F)(F)F)=NN1.[LiH]. The first-order valence-electron chi connectivity index (χ1n) is 4.10. The number of hydrogen-bond donors (Lipinski definition) is 1. The topological polar surface area (TPSA) is 24.4 Å². The number of nitrogens with zero attached hydrogens (tertiary/aromatic N) is 1. The molecule has 0 aromatic carbocycles. The van der Waals surface area contributed by atoms with Gasteiger partial charge < -0.3 is 5.43 Å². The van der Waals surface area contributed by atoms with Crippen molar-refractivity contribution in [1.29, 1.82) is 0 Å². The molecule has 1 aliphatic rings. The monoisotopic (exact) mass is 202 g/mol. The van der Waals surface area contributed by atoms with E-state index in [2.05, 4.69) is 10.5 Å². The van der Waals surface area contributed by atoms with Gasteiger partial charge in [-0.1, -0.05) is 20.8 Å². The van der Waals surface area contributed by atoms with Crippen molar-refractivity contribution in [3.05, 3.63) is 0 Å². The van der Waals surface area contributed by atoms with Crippen molar-refractivity contribution in [2.24, 2.45) is 10.5 Å². The minimum atomic E-state index is -4.28. The van der Waals surface area contributed by atoms with Crippen LogP contribution < -0.4 is 5.43 Å². The molecule has 0 aromatic rings. The molecule has 1 atom stereocenters. The van der Waals surface area contributed by atoms with Crippen LogP contribution in [-0.4, -0.2) is 36.8 Å². The molecule has 6 heteroatoms. The van der Waals surface area contributed by atoms with Crippen LogP contribution in [0.5, 0.6) is 0 Å². The molecule has 0 aliphatic carbocycles. The Balaban J connectivity index is 0.00000169. The molecule has 0 fully saturated rings. The summed E-state index contributed by atoms with van der Waals surface area (Å²) in [5, 5.41) is 3.30. The first-order chi connectivity index (χ1) is 5.71. The molecule has 14 heavy (non-hydrogen) atoms. The van der Waals surface area contributed by atoms with Crippen LogP contribution in [0.15, 0.2) is 5.10 Å². The number of hydrazone groups is 1. The van der Waals surface area contributed by atoms with Crippen LogP contribution in [0, 0.1) is 5.41 Å². The third kappa shape index (κ3) is 3.21. The summed E-state index contributed by atoms with van der Waals surface area (Å²) in [6, 6.07) is -0.218. The summed E-state index contributed by atoms with van der Waals surface area (Å²) in [5.74, 6) is 0. The molecule has 1 N–H and O–H groups in total. The van der Waals surface area contributed by atoms with Crippen LogP contribution in [0.4, 0.5) is 13.2 Å². The molecular weight excluding hydrogens is 188 g/mol. The average molecular weight is 202 g/mol. The predicted molar refractivity (Wildman–Crippen MR) is 51.6 cm³/mol. The number of halogens is 3. The molecule has 0 radical (unpaired) electrons. The second kappa shape index (κ2) is 4.16. The van der Waals surface area contributed by atoms with E-state index in [0.717, 1.165) is 0 Å². The van der Waals surface area contributed by atoms with Gasteiger partial charge in [0.05, 0.1) is 6.04 Å². The summed E-state index contributed by atoms with van der Waals surface area (Å²) >= 11 is 0. The van der Waals surface area contributed by atoms with Gasteiger partial charge in [0.2, 0.25) is 0 Å². The maximum absolute atomic E-state index is 12.2. The van der Waals surface area contributed by atoms with Crippen molar-refractivity contribution < 1.29 is 13.2 Å². The first kappa shape index (κ1) is 13.9. The number of alkyl halides is 3. The zero-order valence-electron chi connectivity index (χ0n) is 7.87. The second-order valence-electron chi connectivity index (χ2n) is 4.31. The van der Waals surface area contributed by atoms with E-state index in [1.807, 2.05) is 20.8 Å². The maximum atomic E-state index is 12.2. The van der Waals surface area contributed by atoms with Gasteiger partial charge in [0.15, 0.2) is 0 Å². The zero-order chi connectivity index (χ0) is 10.3. The fourth-order valence-electron chi connectivity index (χ4n) is 1.12. The summed E-state index contributed by atoms with van der Waals surface area (Å²) in [6.07, 6.45) is -4.32. The Kier molecular flexibility index (Phi) is 4.11. The number of rotatable bonds is 0. The third-order valence-electron chi connectivity index (χ3n) is 2.13. The van der Waals surface area contributed by atoms with Crippen molar-refractivity contribution in [3.63, 3.8) is 0 Å². The van der Waals surface area contributed by atoms with Gasteiger partial charge in [-0.15, -0.1) is 0 Å². The molecule has 0 saturated heterocycles. The van der Waals surface area contributed by atoms with Crippen molar-refractivity contribution in [1.82, 2.24) is 5.43 Å².